The average Bonchev–Trinajstić information content (AvgIpc) is 2.94. The molecule has 1 saturated carbocycles. The Hall–Kier alpha value is -1.26. The molecule has 18 heavy (non-hydrogen) atoms. The molecule has 0 radical (unpaired) electrons. The number of aliphatic carboxylic acids is 1. The van der Waals surface area contributed by atoms with Crippen molar-refractivity contribution in [2.75, 3.05) is 13.1 Å². The van der Waals surface area contributed by atoms with Gasteiger partial charge in [-0.3, -0.25) is 4.79 Å². The van der Waals surface area contributed by atoms with Crippen molar-refractivity contribution in [3.8, 4) is 0 Å². The highest BCUT2D eigenvalue weighted by Gasteiger charge is 2.46. The third-order valence-electron chi connectivity index (χ3n) is 4.53. The molecule has 102 valence electrons. The van der Waals surface area contributed by atoms with Crippen molar-refractivity contribution in [3.63, 3.8) is 0 Å². The lowest BCUT2D eigenvalue weighted by molar-refractivity contribution is -0.148. The number of hydrogen-bond donors (Lipinski definition) is 2. The maximum Gasteiger partial charge on any atom is 0.317 e. The summed E-state index contributed by atoms with van der Waals surface area (Å²) in [7, 11) is 0. The maximum absolute atomic E-state index is 12.0. The van der Waals surface area contributed by atoms with Crippen LogP contribution < -0.4 is 5.32 Å². The summed E-state index contributed by atoms with van der Waals surface area (Å²) in [6.45, 7) is 4.90. The van der Waals surface area contributed by atoms with E-state index in [9.17, 15) is 14.7 Å². The molecule has 1 aliphatic carbocycles. The summed E-state index contributed by atoms with van der Waals surface area (Å²) in [6, 6.07) is 0.219. The summed E-state index contributed by atoms with van der Waals surface area (Å²) in [5.41, 5.74) is -0.731. The van der Waals surface area contributed by atoms with Crippen molar-refractivity contribution in [3.05, 3.63) is 0 Å². The van der Waals surface area contributed by atoms with E-state index in [4.69, 9.17) is 0 Å². The molecular weight excluding hydrogens is 232 g/mol. The van der Waals surface area contributed by atoms with E-state index in [1.165, 1.54) is 0 Å². The zero-order valence-corrected chi connectivity index (χ0v) is 11.1. The van der Waals surface area contributed by atoms with Gasteiger partial charge in [-0.15, -0.1) is 0 Å². The molecule has 2 rings (SSSR count). The molecular formula is C13H22N2O3. The van der Waals surface area contributed by atoms with E-state index >= 15 is 0 Å². The van der Waals surface area contributed by atoms with Gasteiger partial charge >= 0.3 is 12.0 Å². The fourth-order valence-corrected chi connectivity index (χ4v) is 2.79. The van der Waals surface area contributed by atoms with Crippen LogP contribution in [-0.2, 0) is 4.79 Å². The molecule has 2 aliphatic rings. The first-order valence-corrected chi connectivity index (χ1v) is 6.81. The fourth-order valence-electron chi connectivity index (χ4n) is 2.79. The Labute approximate surface area is 108 Å². The molecule has 2 fully saturated rings. The van der Waals surface area contributed by atoms with Gasteiger partial charge < -0.3 is 15.3 Å². The Balaban J connectivity index is 1.88. The fraction of sp³-hybridized carbons (Fsp3) is 0.846. The van der Waals surface area contributed by atoms with Gasteiger partial charge in [-0.1, -0.05) is 20.3 Å². The summed E-state index contributed by atoms with van der Waals surface area (Å²) in [6.07, 6.45) is 3.30. The van der Waals surface area contributed by atoms with Crippen molar-refractivity contribution in [1.29, 1.82) is 0 Å². The summed E-state index contributed by atoms with van der Waals surface area (Å²) in [5, 5.41) is 12.3. The number of carbonyl (C=O) groups excluding carboxylic acids is 1. The highest BCUT2D eigenvalue weighted by molar-refractivity contribution is 5.80. The molecule has 0 spiro atoms. The second-order valence-corrected chi connectivity index (χ2v) is 5.57. The summed E-state index contributed by atoms with van der Waals surface area (Å²) >= 11 is 0. The number of carboxylic acids is 1. The summed E-state index contributed by atoms with van der Waals surface area (Å²) in [4.78, 5) is 25.0. The molecule has 1 saturated heterocycles. The lowest BCUT2D eigenvalue weighted by Gasteiger charge is -2.23. The van der Waals surface area contributed by atoms with Crippen LogP contribution in [0.15, 0.2) is 0 Å². The Morgan fingerprint density at radius 3 is 2.61 bits per heavy atom. The first-order chi connectivity index (χ1) is 8.52. The number of nitrogens with one attached hydrogen (secondary N) is 1. The molecule has 2 N–H and O–H groups in total. The van der Waals surface area contributed by atoms with Gasteiger partial charge in [-0.25, -0.2) is 4.79 Å². The predicted octanol–water partition coefficient (Wildman–Crippen LogP) is 1.68. The van der Waals surface area contributed by atoms with Crippen LogP contribution in [-0.4, -0.2) is 41.1 Å². The van der Waals surface area contributed by atoms with Crippen LogP contribution in [0.1, 0.15) is 39.5 Å². The van der Waals surface area contributed by atoms with Gasteiger partial charge in [0.1, 0.15) is 0 Å². The second-order valence-electron chi connectivity index (χ2n) is 5.57. The average molecular weight is 254 g/mol. The second kappa shape index (κ2) is 4.78. The predicted molar refractivity (Wildman–Crippen MR) is 67.3 cm³/mol. The van der Waals surface area contributed by atoms with Crippen molar-refractivity contribution >= 4 is 12.0 Å². The van der Waals surface area contributed by atoms with Gasteiger partial charge in [-0.2, -0.15) is 0 Å². The van der Waals surface area contributed by atoms with Crippen LogP contribution in [0, 0.1) is 11.3 Å². The molecule has 0 aromatic heterocycles. The SMILES string of the molecule is CCC1CC1NC(=O)N1CCC(CC)(C(=O)O)C1. The minimum atomic E-state index is -0.779. The van der Waals surface area contributed by atoms with E-state index in [2.05, 4.69) is 12.2 Å². The van der Waals surface area contributed by atoms with Gasteiger partial charge in [0.25, 0.3) is 0 Å². The quantitative estimate of drug-likeness (QED) is 0.802. The van der Waals surface area contributed by atoms with Crippen LogP contribution in [0.5, 0.6) is 0 Å². The van der Waals surface area contributed by atoms with Gasteiger partial charge in [0.15, 0.2) is 0 Å². The van der Waals surface area contributed by atoms with Crippen molar-refractivity contribution in [2.45, 2.75) is 45.6 Å². The smallest absolute Gasteiger partial charge is 0.317 e. The van der Waals surface area contributed by atoms with Gasteiger partial charge in [-0.05, 0) is 25.2 Å². The van der Waals surface area contributed by atoms with Gasteiger partial charge in [0.2, 0.25) is 0 Å². The Morgan fingerprint density at radius 2 is 2.17 bits per heavy atom. The largest absolute Gasteiger partial charge is 0.481 e. The molecule has 5 heteroatoms. The summed E-state index contributed by atoms with van der Waals surface area (Å²) in [5.74, 6) is -0.162. The maximum atomic E-state index is 12.0. The van der Waals surface area contributed by atoms with Crippen LogP contribution in [0.2, 0.25) is 0 Å². The normalized spacial score (nSPS) is 34.4. The third-order valence-corrected chi connectivity index (χ3v) is 4.53. The lowest BCUT2D eigenvalue weighted by Crippen LogP contribution is -2.42. The van der Waals surface area contributed by atoms with Gasteiger partial charge in [0.05, 0.1) is 5.41 Å². The third kappa shape index (κ3) is 2.31. The molecule has 0 bridgehead atoms. The molecule has 3 atom stereocenters. The lowest BCUT2D eigenvalue weighted by atomic mass is 9.84. The van der Waals surface area contributed by atoms with Crippen LogP contribution in [0.3, 0.4) is 0 Å². The van der Waals surface area contributed by atoms with Crippen molar-refractivity contribution < 1.29 is 14.7 Å². The Bertz CT molecular complexity index is 358. The minimum Gasteiger partial charge on any atom is -0.481 e. The molecule has 3 unspecified atom stereocenters. The van der Waals surface area contributed by atoms with E-state index in [1.807, 2.05) is 6.92 Å². The highest BCUT2D eigenvalue weighted by Crippen LogP contribution is 2.36. The van der Waals surface area contributed by atoms with Crippen molar-refractivity contribution in [1.82, 2.24) is 10.2 Å². The van der Waals surface area contributed by atoms with Crippen LogP contribution in [0.25, 0.3) is 0 Å². The molecule has 0 aromatic rings. The zero-order chi connectivity index (χ0) is 13.3. The highest BCUT2D eigenvalue weighted by atomic mass is 16.4. The monoisotopic (exact) mass is 254 g/mol. The first-order valence-electron chi connectivity index (χ1n) is 6.81. The number of urea groups is 1. The summed E-state index contributed by atoms with van der Waals surface area (Å²) < 4.78 is 0. The van der Waals surface area contributed by atoms with Crippen molar-refractivity contribution in [2.24, 2.45) is 11.3 Å². The molecule has 5 nitrogen and oxygen atoms in total. The Morgan fingerprint density at radius 1 is 1.44 bits per heavy atom. The first kappa shape index (κ1) is 13.2. The Kier molecular flexibility index (Phi) is 3.50. The van der Waals surface area contributed by atoms with E-state index < -0.39 is 11.4 Å². The standard InChI is InChI=1S/C13H22N2O3/c1-3-9-7-10(9)14-12(18)15-6-5-13(4-2,8-15)11(16)17/h9-10H,3-8H2,1-2H3,(H,14,18)(H,16,17). The number of amides is 2. The topological polar surface area (TPSA) is 69.6 Å². The van der Waals surface area contributed by atoms with E-state index in [0.29, 0.717) is 37.9 Å². The van der Waals surface area contributed by atoms with Crippen LogP contribution in [0.4, 0.5) is 4.79 Å². The van der Waals surface area contributed by atoms with E-state index in [1.54, 1.807) is 4.90 Å². The number of rotatable bonds is 4. The number of nitrogens with zero attached hydrogens (tertiary/aromatic N) is 1. The van der Waals surface area contributed by atoms with Gasteiger partial charge in [0, 0.05) is 19.1 Å². The van der Waals surface area contributed by atoms with E-state index in [-0.39, 0.29) is 6.03 Å². The minimum absolute atomic E-state index is 0.0903. The number of carboxylic acid groups (broad SMARTS) is 1. The van der Waals surface area contributed by atoms with Crippen LogP contribution >= 0.6 is 0 Å². The molecule has 1 heterocycles. The molecule has 2 amide bonds. The molecule has 0 aromatic carbocycles. The number of carbonyl (C=O) groups is 2. The van der Waals surface area contributed by atoms with E-state index in [0.717, 1.165) is 12.8 Å². The molecule has 1 aliphatic heterocycles. The number of hydrogen-bond acceptors (Lipinski definition) is 2. The number of likely N-dealkylation sites (tertiary alicyclic amines) is 1. The zero-order valence-electron chi connectivity index (χ0n) is 11.1.